The molecule has 1 fully saturated rings. The molecule has 1 saturated heterocycles. The molecule has 6 atom stereocenters. The number of aliphatic hydroxyl groups excluding tert-OH is 3. The topological polar surface area (TPSA) is 128 Å². The van der Waals surface area contributed by atoms with Gasteiger partial charge in [0.25, 0.3) is 0 Å². The highest BCUT2D eigenvalue weighted by Gasteiger charge is 2.48. The summed E-state index contributed by atoms with van der Waals surface area (Å²) in [4.78, 5) is 26.4. The number of ether oxygens (including phenoxy) is 2. The predicted octanol–water partition coefficient (Wildman–Crippen LogP) is -0.448. The van der Waals surface area contributed by atoms with Gasteiger partial charge in [0.1, 0.15) is 30.5 Å². The molecule has 3 heterocycles. The average Bonchev–Trinajstić information content (AvgIpc) is 3.06. The molecule has 0 aliphatic carbocycles. The fourth-order valence-electron chi connectivity index (χ4n) is 4.39. The zero-order valence-electron chi connectivity index (χ0n) is 17.0. The monoisotopic (exact) mass is 441 g/mol. The second kappa shape index (κ2) is 8.15. The number of nitrogens with zero attached hydrogens (tertiary/aromatic N) is 3. The summed E-state index contributed by atoms with van der Waals surface area (Å²) in [5, 5.41) is 32.0. The Hall–Kier alpha value is -3.02. The lowest BCUT2D eigenvalue weighted by Crippen LogP contribution is -2.58. The number of aromatic nitrogens is 3. The number of para-hydroxylation sites is 1. The Morgan fingerprint density at radius 1 is 0.844 bits per heavy atom. The molecular weight excluding hydrogens is 418 g/mol. The van der Waals surface area contributed by atoms with Crippen molar-refractivity contribution < 1.29 is 24.8 Å². The largest absolute Gasteiger partial charge is 0.388 e. The van der Waals surface area contributed by atoms with Gasteiger partial charge in [0.05, 0.1) is 18.8 Å². The lowest BCUT2D eigenvalue weighted by molar-refractivity contribution is -0.278. The van der Waals surface area contributed by atoms with Crippen LogP contribution in [-0.4, -0.2) is 60.3 Å². The first-order valence-electron chi connectivity index (χ1n) is 10.3. The van der Waals surface area contributed by atoms with Crippen LogP contribution in [0.5, 0.6) is 0 Å². The van der Waals surface area contributed by atoms with Crippen molar-refractivity contribution in [3.63, 3.8) is 0 Å². The molecule has 2 aromatic carbocycles. The first-order valence-corrected chi connectivity index (χ1v) is 10.3. The van der Waals surface area contributed by atoms with Crippen LogP contribution in [0.1, 0.15) is 17.9 Å². The number of benzene rings is 2. The third-order valence-electron chi connectivity index (χ3n) is 5.95. The predicted molar refractivity (Wildman–Crippen MR) is 111 cm³/mol. The van der Waals surface area contributed by atoms with E-state index in [2.05, 4.69) is 0 Å². The van der Waals surface area contributed by atoms with E-state index >= 15 is 0 Å². The van der Waals surface area contributed by atoms with E-state index < -0.39 is 48.1 Å². The molecular formula is C22H23N3O7. The molecule has 0 saturated carbocycles. The second-order valence-corrected chi connectivity index (χ2v) is 7.96. The summed E-state index contributed by atoms with van der Waals surface area (Å²) in [5.41, 5.74) is -0.300. The van der Waals surface area contributed by atoms with Crippen molar-refractivity contribution >= 4 is 0 Å². The van der Waals surface area contributed by atoms with E-state index in [0.717, 1.165) is 13.9 Å². The van der Waals surface area contributed by atoms with Crippen molar-refractivity contribution in [2.24, 2.45) is 0 Å². The van der Waals surface area contributed by atoms with Crippen LogP contribution in [-0.2, 0) is 16.0 Å². The molecule has 3 N–H and O–H groups in total. The maximum absolute atomic E-state index is 13.3. The van der Waals surface area contributed by atoms with Gasteiger partial charge in [0.2, 0.25) is 0 Å². The Morgan fingerprint density at radius 2 is 1.50 bits per heavy atom. The summed E-state index contributed by atoms with van der Waals surface area (Å²) in [7, 11) is 0. The number of fused-ring (bicyclic) bond motifs is 1. The molecule has 0 spiro atoms. The molecule has 32 heavy (non-hydrogen) atoms. The van der Waals surface area contributed by atoms with Crippen LogP contribution < -0.4 is 11.4 Å². The van der Waals surface area contributed by atoms with E-state index in [4.69, 9.17) is 9.47 Å². The quantitative estimate of drug-likeness (QED) is 0.502. The highest BCUT2D eigenvalue weighted by molar-refractivity contribution is 5.30. The first-order chi connectivity index (χ1) is 15.5. The van der Waals surface area contributed by atoms with Gasteiger partial charge in [-0.05, 0) is 12.1 Å². The summed E-state index contributed by atoms with van der Waals surface area (Å²) in [6.45, 7) is -0.380. The van der Waals surface area contributed by atoms with E-state index in [1.54, 1.807) is 42.5 Å². The molecule has 1 unspecified atom stereocenters. The maximum atomic E-state index is 13.3. The van der Waals surface area contributed by atoms with E-state index in [9.17, 15) is 24.9 Å². The van der Waals surface area contributed by atoms with Gasteiger partial charge in [-0.25, -0.2) is 23.5 Å². The van der Waals surface area contributed by atoms with Crippen molar-refractivity contribution in [1.82, 2.24) is 13.9 Å². The summed E-state index contributed by atoms with van der Waals surface area (Å²) >= 11 is 0. The van der Waals surface area contributed by atoms with Crippen molar-refractivity contribution in [3.8, 4) is 5.69 Å². The van der Waals surface area contributed by atoms with Crippen molar-refractivity contribution in [2.45, 2.75) is 43.3 Å². The number of aliphatic hydroxyl groups is 3. The minimum absolute atomic E-state index is 0.109. The van der Waals surface area contributed by atoms with Crippen LogP contribution in [0.25, 0.3) is 5.69 Å². The summed E-state index contributed by atoms with van der Waals surface area (Å²) in [5.74, 6) is 0. The molecule has 10 nitrogen and oxygen atoms in total. The molecule has 2 aliphatic rings. The van der Waals surface area contributed by atoms with Gasteiger partial charge in [-0.1, -0.05) is 48.5 Å². The van der Waals surface area contributed by atoms with Gasteiger partial charge in [-0.15, -0.1) is 0 Å². The highest BCUT2D eigenvalue weighted by Crippen LogP contribution is 2.34. The normalized spacial score (nSPS) is 30.1. The Labute approximate surface area is 182 Å². The molecule has 0 radical (unpaired) electrons. The van der Waals surface area contributed by atoms with Gasteiger partial charge >= 0.3 is 11.4 Å². The standard InChI is InChI=1S/C22H23N3O7/c26-15-11-23-21(29)24(14-9-5-2-6-10-14)22(30)25(23)17(18(15)28)19-16(27)12-31-20(32-19)13-7-3-1-4-8-13/h1-10,15-20,26-28H,11-12H2/t15-,16+,17-,18?,19+,20+/m0/s1. The molecule has 2 aliphatic heterocycles. The second-order valence-electron chi connectivity index (χ2n) is 7.96. The van der Waals surface area contributed by atoms with Crippen molar-refractivity contribution in [3.05, 3.63) is 87.2 Å². The molecule has 0 amide bonds. The first kappa shape index (κ1) is 20.9. The minimum Gasteiger partial charge on any atom is -0.388 e. The number of hydrogen-bond donors (Lipinski definition) is 3. The van der Waals surface area contributed by atoms with Crippen LogP contribution in [0.2, 0.25) is 0 Å². The Morgan fingerprint density at radius 3 is 2.19 bits per heavy atom. The molecule has 10 heteroatoms. The van der Waals surface area contributed by atoms with Crippen LogP contribution in [0, 0.1) is 0 Å². The average molecular weight is 441 g/mol. The van der Waals surface area contributed by atoms with E-state index in [0.29, 0.717) is 11.3 Å². The van der Waals surface area contributed by atoms with Crippen molar-refractivity contribution in [2.75, 3.05) is 6.61 Å². The number of hydrogen-bond acceptors (Lipinski definition) is 7. The van der Waals surface area contributed by atoms with E-state index in [-0.39, 0.29) is 13.2 Å². The highest BCUT2D eigenvalue weighted by atomic mass is 16.7. The van der Waals surface area contributed by atoms with Crippen molar-refractivity contribution in [1.29, 1.82) is 0 Å². The van der Waals surface area contributed by atoms with Gasteiger partial charge in [-0.3, -0.25) is 0 Å². The van der Waals surface area contributed by atoms with Crippen LogP contribution in [0.15, 0.2) is 70.3 Å². The summed E-state index contributed by atoms with van der Waals surface area (Å²) in [6, 6.07) is 16.2. The number of rotatable bonds is 3. The third-order valence-corrected chi connectivity index (χ3v) is 5.95. The van der Waals surface area contributed by atoms with Gasteiger partial charge in [-0.2, -0.15) is 0 Å². The van der Waals surface area contributed by atoms with Gasteiger partial charge < -0.3 is 24.8 Å². The molecule has 3 aromatic rings. The zero-order chi connectivity index (χ0) is 22.4. The third kappa shape index (κ3) is 3.33. The van der Waals surface area contributed by atoms with Gasteiger partial charge in [0, 0.05) is 5.56 Å². The smallest absolute Gasteiger partial charge is 0.352 e. The van der Waals surface area contributed by atoms with E-state index in [1.165, 1.54) is 0 Å². The summed E-state index contributed by atoms with van der Waals surface area (Å²) in [6.07, 6.45) is -5.95. The zero-order valence-corrected chi connectivity index (χ0v) is 17.0. The lowest BCUT2D eigenvalue weighted by Gasteiger charge is -2.43. The molecule has 0 bridgehead atoms. The van der Waals surface area contributed by atoms with E-state index in [1.807, 2.05) is 18.2 Å². The van der Waals surface area contributed by atoms with Crippen LogP contribution in [0.4, 0.5) is 0 Å². The fourth-order valence-corrected chi connectivity index (χ4v) is 4.39. The lowest BCUT2D eigenvalue weighted by atomic mass is 9.94. The molecule has 168 valence electrons. The van der Waals surface area contributed by atoms with Gasteiger partial charge in [0.15, 0.2) is 6.29 Å². The van der Waals surface area contributed by atoms with Crippen LogP contribution >= 0.6 is 0 Å². The SMILES string of the molecule is O=c1n(-c2ccccc2)c(=O)n2n1C[C@H](O)C(O)[C@H]2[C@@H]1O[C@H](c2ccccc2)OC[C@H]1O. The Balaban J connectivity index is 1.61. The fraction of sp³-hybridized carbons (Fsp3) is 0.364. The Kier molecular flexibility index (Phi) is 5.31. The minimum atomic E-state index is -1.45. The molecule has 1 aromatic heterocycles. The molecule has 5 rings (SSSR count). The Bertz CT molecular complexity index is 1200. The maximum Gasteiger partial charge on any atom is 0.352 e. The van der Waals surface area contributed by atoms with Crippen LogP contribution in [0.3, 0.4) is 0 Å². The summed E-state index contributed by atoms with van der Waals surface area (Å²) < 4.78 is 14.7.